The maximum atomic E-state index is 13.6. The minimum absolute atomic E-state index is 0. The summed E-state index contributed by atoms with van der Waals surface area (Å²) in [6, 6.07) is 16.4. The zero-order valence-electron chi connectivity index (χ0n) is 20.3. The van der Waals surface area contributed by atoms with Crippen LogP contribution in [0.3, 0.4) is 0 Å². The number of aliphatic hydroxyl groups is 2. The number of halogens is 1. The Bertz CT molecular complexity index is 1080. The van der Waals surface area contributed by atoms with Gasteiger partial charge in [0, 0.05) is 35.0 Å². The van der Waals surface area contributed by atoms with Gasteiger partial charge in [0.15, 0.2) is 0 Å². The van der Waals surface area contributed by atoms with Crippen LogP contribution in [0.2, 0.25) is 0 Å². The molecule has 5 nitrogen and oxygen atoms in total. The van der Waals surface area contributed by atoms with Crippen LogP contribution in [0.4, 0.5) is 4.39 Å². The van der Waals surface area contributed by atoms with Crippen molar-refractivity contribution in [1.82, 2.24) is 4.57 Å². The van der Waals surface area contributed by atoms with Gasteiger partial charge in [-0.25, -0.2) is 4.39 Å². The quantitative estimate of drug-likeness (QED) is 0.427. The smallest absolute Gasteiger partial charge is 0.550 e. The van der Waals surface area contributed by atoms with Gasteiger partial charge in [-0.2, -0.15) is 0 Å². The fourth-order valence-corrected chi connectivity index (χ4v) is 4.56. The Morgan fingerprint density at radius 3 is 2.21 bits per heavy atom. The van der Waals surface area contributed by atoms with Crippen molar-refractivity contribution in [3.63, 3.8) is 0 Å². The summed E-state index contributed by atoms with van der Waals surface area (Å²) in [6.45, 7) is 6.28. The Balaban J connectivity index is 0.00000408. The van der Waals surface area contributed by atoms with Crippen molar-refractivity contribution < 1.29 is 54.1 Å². The molecule has 3 aromatic rings. The Kier molecular flexibility index (Phi) is 10.5. The summed E-state index contributed by atoms with van der Waals surface area (Å²) < 4.78 is 15.9. The van der Waals surface area contributed by atoms with E-state index in [9.17, 15) is 24.5 Å². The number of aliphatic hydroxyl groups excluding tert-OH is 2. The van der Waals surface area contributed by atoms with Crippen LogP contribution in [0.1, 0.15) is 56.0 Å². The summed E-state index contributed by atoms with van der Waals surface area (Å²) in [7, 11) is 0. The Morgan fingerprint density at radius 1 is 1.03 bits per heavy atom. The van der Waals surface area contributed by atoms with E-state index < -0.39 is 24.6 Å². The second-order valence-electron chi connectivity index (χ2n) is 8.81. The van der Waals surface area contributed by atoms with E-state index in [4.69, 9.17) is 0 Å². The van der Waals surface area contributed by atoms with Crippen LogP contribution in [-0.2, 0) is 11.2 Å². The normalized spacial score (nSPS) is 12.9. The molecule has 1 aromatic heterocycles. The molecule has 0 aliphatic heterocycles. The third-order valence-corrected chi connectivity index (χ3v) is 5.92. The molecule has 0 bridgehead atoms. The SMILES string of the molecule is Cc1c(-c2ccc(F)cc2)c(CC[C@@H](O)C[C@@H](O)CC(=O)[O-])c(C(C)C)n1-c1ccccc1.[Na+]. The minimum Gasteiger partial charge on any atom is -0.550 e. The standard InChI is InChI=1S/C27H32FNO4.Na/c1-17(2)27-24(14-13-22(30)15-23(31)16-25(32)33)26(19-9-11-20(28)12-10-19)18(3)29(27)21-7-5-4-6-8-21;/h4-12,17,22-23,30-31H,13-16H2,1-3H3,(H,32,33);/q;+1/p-1/t22-,23-;/m1./s1. The fraction of sp³-hybridized carbons (Fsp3) is 0.370. The molecule has 7 heteroatoms. The Labute approximate surface area is 222 Å². The van der Waals surface area contributed by atoms with E-state index >= 15 is 0 Å². The zero-order valence-corrected chi connectivity index (χ0v) is 22.3. The van der Waals surface area contributed by atoms with E-state index in [1.54, 1.807) is 12.1 Å². The largest absolute Gasteiger partial charge is 1.00 e. The third-order valence-electron chi connectivity index (χ3n) is 5.92. The maximum absolute atomic E-state index is 13.6. The monoisotopic (exact) mass is 475 g/mol. The van der Waals surface area contributed by atoms with Crippen LogP contribution in [0.5, 0.6) is 0 Å². The molecular formula is C27H31FNNaO4. The summed E-state index contributed by atoms with van der Waals surface area (Å²) in [4.78, 5) is 10.7. The molecule has 0 saturated carbocycles. The van der Waals surface area contributed by atoms with Crippen LogP contribution < -0.4 is 34.7 Å². The molecule has 0 amide bonds. The number of benzene rings is 2. The number of hydrogen-bond donors (Lipinski definition) is 2. The molecule has 0 saturated heterocycles. The molecule has 0 spiro atoms. The molecule has 0 unspecified atom stereocenters. The van der Waals surface area contributed by atoms with Crippen LogP contribution in [0.15, 0.2) is 54.6 Å². The van der Waals surface area contributed by atoms with Gasteiger partial charge in [0.05, 0.1) is 12.2 Å². The van der Waals surface area contributed by atoms with Crippen molar-refractivity contribution in [2.75, 3.05) is 0 Å². The molecule has 2 atom stereocenters. The summed E-state index contributed by atoms with van der Waals surface area (Å²) in [5.41, 5.74) is 6.13. The van der Waals surface area contributed by atoms with E-state index in [0.717, 1.165) is 33.8 Å². The molecule has 2 aromatic carbocycles. The second kappa shape index (κ2) is 12.7. The first-order valence-electron chi connectivity index (χ1n) is 11.3. The van der Waals surface area contributed by atoms with Crippen LogP contribution in [-0.4, -0.2) is 33.0 Å². The summed E-state index contributed by atoms with van der Waals surface area (Å²) >= 11 is 0. The van der Waals surface area contributed by atoms with E-state index in [2.05, 4.69) is 18.4 Å². The van der Waals surface area contributed by atoms with Crippen LogP contribution in [0.25, 0.3) is 16.8 Å². The van der Waals surface area contributed by atoms with E-state index in [-0.39, 0.29) is 47.7 Å². The number of carbonyl (C=O) groups is 1. The molecule has 0 aliphatic carbocycles. The molecule has 2 N–H and O–H groups in total. The van der Waals surface area contributed by atoms with Gasteiger partial charge < -0.3 is 24.7 Å². The number of carboxylic acids is 1. The number of aliphatic carboxylic acids is 1. The predicted octanol–water partition coefficient (Wildman–Crippen LogP) is 0.904. The molecule has 176 valence electrons. The van der Waals surface area contributed by atoms with Gasteiger partial charge in [0.2, 0.25) is 0 Å². The van der Waals surface area contributed by atoms with Gasteiger partial charge in [0.1, 0.15) is 5.82 Å². The van der Waals surface area contributed by atoms with Crippen molar-refractivity contribution in [1.29, 1.82) is 0 Å². The maximum Gasteiger partial charge on any atom is 1.00 e. The number of aromatic nitrogens is 1. The minimum atomic E-state index is -1.34. The molecule has 0 fully saturated rings. The first-order valence-corrected chi connectivity index (χ1v) is 11.3. The first-order chi connectivity index (χ1) is 15.7. The molecule has 0 aliphatic rings. The first kappa shape index (κ1) is 28.3. The summed E-state index contributed by atoms with van der Waals surface area (Å²) in [5, 5.41) is 31.1. The van der Waals surface area contributed by atoms with Gasteiger partial charge in [-0.05, 0) is 67.5 Å². The van der Waals surface area contributed by atoms with Gasteiger partial charge in [0.25, 0.3) is 0 Å². The number of rotatable bonds is 10. The van der Waals surface area contributed by atoms with Crippen molar-refractivity contribution >= 4 is 5.97 Å². The average Bonchev–Trinajstić information content (AvgIpc) is 3.05. The van der Waals surface area contributed by atoms with E-state index in [1.165, 1.54) is 12.1 Å². The Morgan fingerprint density at radius 2 is 1.65 bits per heavy atom. The Hall–Kier alpha value is -1.96. The van der Waals surface area contributed by atoms with E-state index in [0.29, 0.717) is 12.8 Å². The molecule has 1 heterocycles. The van der Waals surface area contributed by atoms with Crippen molar-refractivity contribution in [2.45, 2.75) is 64.6 Å². The number of carbonyl (C=O) groups excluding carboxylic acids is 1. The number of nitrogens with zero attached hydrogens (tertiary/aromatic N) is 1. The summed E-state index contributed by atoms with van der Waals surface area (Å²) in [5.74, 6) is -1.47. The van der Waals surface area contributed by atoms with Gasteiger partial charge >= 0.3 is 29.6 Å². The van der Waals surface area contributed by atoms with Crippen molar-refractivity contribution in [3.8, 4) is 16.8 Å². The van der Waals surface area contributed by atoms with E-state index in [1.807, 2.05) is 37.3 Å². The van der Waals surface area contributed by atoms with Gasteiger partial charge in [-0.15, -0.1) is 0 Å². The fourth-order valence-electron chi connectivity index (χ4n) is 4.56. The third kappa shape index (κ3) is 6.80. The number of carboxylic acid groups (broad SMARTS) is 1. The van der Waals surface area contributed by atoms with Crippen LogP contribution in [0, 0.1) is 12.7 Å². The predicted molar refractivity (Wildman–Crippen MR) is 125 cm³/mol. The molecule has 0 radical (unpaired) electrons. The average molecular weight is 476 g/mol. The topological polar surface area (TPSA) is 85.5 Å². The zero-order chi connectivity index (χ0) is 24.1. The van der Waals surface area contributed by atoms with Gasteiger partial charge in [-0.3, -0.25) is 0 Å². The second-order valence-corrected chi connectivity index (χ2v) is 8.81. The molecular weight excluding hydrogens is 444 g/mol. The van der Waals surface area contributed by atoms with Crippen LogP contribution >= 0.6 is 0 Å². The number of para-hydroxylation sites is 1. The van der Waals surface area contributed by atoms with Crippen molar-refractivity contribution in [3.05, 3.63) is 77.4 Å². The molecule has 34 heavy (non-hydrogen) atoms. The van der Waals surface area contributed by atoms with Crippen molar-refractivity contribution in [2.24, 2.45) is 0 Å². The number of hydrogen-bond acceptors (Lipinski definition) is 4. The van der Waals surface area contributed by atoms with Gasteiger partial charge in [-0.1, -0.05) is 44.2 Å². The molecule has 3 rings (SSSR count). The summed E-state index contributed by atoms with van der Waals surface area (Å²) in [6.07, 6.45) is -1.66.